The van der Waals surface area contributed by atoms with Gasteiger partial charge in [-0.3, -0.25) is 0 Å². The second-order valence-corrected chi connectivity index (χ2v) is 18.3. The fourth-order valence-electron chi connectivity index (χ4n) is 9.64. The summed E-state index contributed by atoms with van der Waals surface area (Å²) in [5.41, 5.74) is 19.4. The summed E-state index contributed by atoms with van der Waals surface area (Å²) < 4.78 is 0. The Labute approximate surface area is 432 Å². The van der Waals surface area contributed by atoms with Crippen LogP contribution in [0, 0.1) is 0 Å². The third-order valence-electron chi connectivity index (χ3n) is 13.6. The molecule has 0 aliphatic heterocycles. The molecule has 0 heterocycles. The molecule has 0 aliphatic rings. The molecule has 0 aliphatic carbocycles. The summed E-state index contributed by atoms with van der Waals surface area (Å²) in [6, 6.07) is 95.7. The Morgan fingerprint density at radius 3 is 0.986 bits per heavy atom. The standard InChI is InChI=1S/C70H59N3/c1-4-18-62(5-2)71(63-21-12-7-13-22-63)66-43-33-58(34-44-66)59-37-47-69(48-38-59)73(65-25-16-9-17-26-65)70-51-41-61(42-52-70)60-39-49-68(50-40-60)72(64-23-14-8-15-24-64)67-45-35-57(36-46-67)56-31-29-54(30-32-56)28-27-53(3)55-19-10-6-11-20-55/h4-26,29-53H,1-2,27-28H2,3H3/b62-18+. The Morgan fingerprint density at radius 2 is 0.644 bits per heavy atom. The number of aryl methyl sites for hydroxylation is 1. The van der Waals surface area contributed by atoms with Gasteiger partial charge in [0.1, 0.15) is 0 Å². The van der Waals surface area contributed by atoms with Crippen molar-refractivity contribution in [2.75, 3.05) is 14.7 Å². The number of nitrogens with zero attached hydrogens (tertiary/aromatic N) is 3. The van der Waals surface area contributed by atoms with Crippen LogP contribution in [0.25, 0.3) is 33.4 Å². The lowest BCUT2D eigenvalue weighted by Gasteiger charge is -2.27. The van der Waals surface area contributed by atoms with Crippen molar-refractivity contribution in [3.8, 4) is 33.4 Å². The molecule has 0 spiro atoms. The van der Waals surface area contributed by atoms with Crippen molar-refractivity contribution in [3.05, 3.63) is 315 Å². The quantitative estimate of drug-likeness (QED) is 0.0794. The summed E-state index contributed by atoms with van der Waals surface area (Å²) in [5, 5.41) is 0. The highest BCUT2D eigenvalue weighted by atomic mass is 15.2. The molecule has 73 heavy (non-hydrogen) atoms. The minimum Gasteiger partial charge on any atom is -0.311 e. The van der Waals surface area contributed by atoms with Crippen molar-refractivity contribution in [1.82, 2.24) is 0 Å². The first-order valence-corrected chi connectivity index (χ1v) is 25.2. The maximum Gasteiger partial charge on any atom is 0.0462 e. The molecular formula is C70H59N3. The molecule has 0 saturated heterocycles. The molecule has 0 aromatic heterocycles. The van der Waals surface area contributed by atoms with Crippen LogP contribution in [0.15, 0.2) is 304 Å². The van der Waals surface area contributed by atoms with Crippen LogP contribution in [0.5, 0.6) is 0 Å². The molecule has 3 nitrogen and oxygen atoms in total. The van der Waals surface area contributed by atoms with Crippen molar-refractivity contribution in [2.24, 2.45) is 0 Å². The summed E-state index contributed by atoms with van der Waals surface area (Å²) >= 11 is 0. The highest BCUT2D eigenvalue weighted by Gasteiger charge is 2.17. The first kappa shape index (κ1) is 47.5. The molecule has 0 amide bonds. The van der Waals surface area contributed by atoms with Crippen molar-refractivity contribution >= 4 is 45.5 Å². The molecule has 3 heteroatoms. The SMILES string of the molecule is C=C/C=C(\C=C)N(c1ccccc1)c1ccc(-c2ccc(N(c3ccccc3)c3ccc(-c4ccc(N(c5ccccc5)c5ccc(-c6ccc(CCC(C)c7ccccc7)cc6)cc5)cc4)cc3)cc2)cc1. The van der Waals surface area contributed by atoms with Gasteiger partial charge in [0.05, 0.1) is 0 Å². The molecular weight excluding hydrogens is 883 g/mol. The van der Waals surface area contributed by atoms with E-state index in [0.29, 0.717) is 5.92 Å². The Morgan fingerprint density at radius 1 is 0.356 bits per heavy atom. The average molecular weight is 942 g/mol. The fourth-order valence-corrected chi connectivity index (χ4v) is 9.64. The van der Waals surface area contributed by atoms with E-state index in [4.69, 9.17) is 0 Å². The van der Waals surface area contributed by atoms with Crippen LogP contribution in [0.4, 0.5) is 45.5 Å². The van der Waals surface area contributed by atoms with Gasteiger partial charge in [0.25, 0.3) is 0 Å². The molecule has 0 N–H and O–H groups in total. The van der Waals surface area contributed by atoms with Crippen LogP contribution in [-0.4, -0.2) is 0 Å². The van der Waals surface area contributed by atoms with Crippen LogP contribution in [0.2, 0.25) is 0 Å². The van der Waals surface area contributed by atoms with E-state index in [1.54, 1.807) is 6.08 Å². The van der Waals surface area contributed by atoms with Gasteiger partial charge in [-0.25, -0.2) is 0 Å². The first-order valence-electron chi connectivity index (χ1n) is 25.2. The molecule has 1 unspecified atom stereocenters. The number of anilines is 8. The highest BCUT2D eigenvalue weighted by molar-refractivity contribution is 5.83. The summed E-state index contributed by atoms with van der Waals surface area (Å²) in [4.78, 5) is 6.83. The number of hydrogen-bond donors (Lipinski definition) is 0. The normalized spacial score (nSPS) is 11.6. The van der Waals surface area contributed by atoms with E-state index >= 15 is 0 Å². The summed E-state index contributed by atoms with van der Waals surface area (Å²) in [6.45, 7) is 10.3. The Kier molecular flexibility index (Phi) is 14.8. The van der Waals surface area contributed by atoms with Crippen molar-refractivity contribution in [3.63, 3.8) is 0 Å². The number of para-hydroxylation sites is 3. The molecule has 0 bridgehead atoms. The van der Waals surface area contributed by atoms with Gasteiger partial charge in [-0.1, -0.05) is 196 Å². The summed E-state index contributed by atoms with van der Waals surface area (Å²) in [7, 11) is 0. The average Bonchev–Trinajstić information content (AvgIpc) is 3.47. The Bertz CT molecular complexity index is 3370. The maximum absolute atomic E-state index is 4.08. The predicted octanol–water partition coefficient (Wildman–Crippen LogP) is 19.8. The fraction of sp³-hybridized carbons (Fsp3) is 0.0571. The first-order chi connectivity index (χ1) is 36.0. The zero-order valence-electron chi connectivity index (χ0n) is 41.4. The molecule has 0 saturated carbocycles. The minimum atomic E-state index is 0.533. The van der Waals surface area contributed by atoms with Crippen LogP contribution >= 0.6 is 0 Å². The van der Waals surface area contributed by atoms with E-state index in [9.17, 15) is 0 Å². The Balaban J connectivity index is 0.851. The minimum absolute atomic E-state index is 0.533. The predicted molar refractivity (Wildman–Crippen MR) is 312 cm³/mol. The van der Waals surface area contributed by atoms with E-state index in [1.165, 1.54) is 22.3 Å². The largest absolute Gasteiger partial charge is 0.311 e. The van der Waals surface area contributed by atoms with E-state index in [-0.39, 0.29) is 0 Å². The molecule has 1 atom stereocenters. The number of rotatable bonds is 18. The van der Waals surface area contributed by atoms with Gasteiger partial charge >= 0.3 is 0 Å². The third-order valence-corrected chi connectivity index (χ3v) is 13.6. The van der Waals surface area contributed by atoms with Crippen molar-refractivity contribution in [2.45, 2.75) is 25.7 Å². The highest BCUT2D eigenvalue weighted by Crippen LogP contribution is 2.40. The maximum atomic E-state index is 4.08. The zero-order chi connectivity index (χ0) is 49.8. The molecule has 0 radical (unpaired) electrons. The lowest BCUT2D eigenvalue weighted by atomic mass is 9.93. The van der Waals surface area contributed by atoms with E-state index in [1.807, 2.05) is 18.2 Å². The van der Waals surface area contributed by atoms with Crippen molar-refractivity contribution in [1.29, 1.82) is 0 Å². The van der Waals surface area contributed by atoms with Crippen LogP contribution < -0.4 is 14.7 Å². The number of benzene rings is 10. The Hall–Kier alpha value is -9.18. The van der Waals surface area contributed by atoms with Gasteiger partial charge in [-0.05, 0) is 172 Å². The van der Waals surface area contributed by atoms with E-state index < -0.39 is 0 Å². The molecule has 10 rings (SSSR count). The lowest BCUT2D eigenvalue weighted by molar-refractivity contribution is 0.679. The van der Waals surface area contributed by atoms with Crippen LogP contribution in [-0.2, 0) is 6.42 Å². The number of allylic oxidation sites excluding steroid dienone is 3. The van der Waals surface area contributed by atoms with Gasteiger partial charge in [0, 0.05) is 51.2 Å². The molecule has 10 aromatic rings. The van der Waals surface area contributed by atoms with E-state index in [2.05, 4.69) is 296 Å². The van der Waals surface area contributed by atoms with Gasteiger partial charge in [0.2, 0.25) is 0 Å². The monoisotopic (exact) mass is 941 g/mol. The van der Waals surface area contributed by atoms with Crippen LogP contribution in [0.3, 0.4) is 0 Å². The smallest absolute Gasteiger partial charge is 0.0462 e. The summed E-state index contributed by atoms with van der Waals surface area (Å²) in [5.74, 6) is 0.533. The van der Waals surface area contributed by atoms with E-state index in [0.717, 1.165) is 86.3 Å². The lowest BCUT2D eigenvalue weighted by Crippen LogP contribution is -2.14. The topological polar surface area (TPSA) is 9.72 Å². The summed E-state index contributed by atoms with van der Waals surface area (Å²) in [6.07, 6.45) is 7.83. The second-order valence-electron chi connectivity index (χ2n) is 18.3. The van der Waals surface area contributed by atoms with Crippen LogP contribution in [0.1, 0.15) is 30.4 Å². The molecule has 10 aromatic carbocycles. The number of hydrogen-bond acceptors (Lipinski definition) is 3. The third kappa shape index (κ3) is 11.1. The van der Waals surface area contributed by atoms with Gasteiger partial charge in [0.15, 0.2) is 0 Å². The zero-order valence-corrected chi connectivity index (χ0v) is 41.4. The van der Waals surface area contributed by atoms with Gasteiger partial charge in [-0.2, -0.15) is 0 Å². The van der Waals surface area contributed by atoms with Gasteiger partial charge < -0.3 is 14.7 Å². The van der Waals surface area contributed by atoms with Gasteiger partial charge in [-0.15, -0.1) is 0 Å². The van der Waals surface area contributed by atoms with Crippen molar-refractivity contribution < 1.29 is 0 Å². The molecule has 0 fully saturated rings. The molecule has 354 valence electrons. The second kappa shape index (κ2) is 22.7.